The molecule has 0 atom stereocenters. The SMILES string of the molecule is CCc1ccc(Cn2cnc3c(C(=O)O)cccc32)s1. The van der Waals surface area contributed by atoms with Gasteiger partial charge in [0.1, 0.15) is 5.52 Å². The summed E-state index contributed by atoms with van der Waals surface area (Å²) in [7, 11) is 0. The van der Waals surface area contributed by atoms with E-state index in [0.717, 1.165) is 18.5 Å². The molecule has 0 saturated carbocycles. The van der Waals surface area contributed by atoms with Crippen molar-refractivity contribution < 1.29 is 9.90 Å². The zero-order valence-corrected chi connectivity index (χ0v) is 11.9. The van der Waals surface area contributed by atoms with Crippen LogP contribution in [0.4, 0.5) is 0 Å². The van der Waals surface area contributed by atoms with Gasteiger partial charge in [0.2, 0.25) is 0 Å². The van der Waals surface area contributed by atoms with E-state index in [0.29, 0.717) is 5.52 Å². The number of carboxylic acids is 1. The molecular formula is C15H14N2O2S. The molecule has 0 spiro atoms. The fraction of sp³-hybridized carbons (Fsp3) is 0.200. The summed E-state index contributed by atoms with van der Waals surface area (Å²) in [6.07, 6.45) is 2.75. The van der Waals surface area contributed by atoms with E-state index >= 15 is 0 Å². The Hall–Kier alpha value is -2.14. The maximum Gasteiger partial charge on any atom is 0.337 e. The summed E-state index contributed by atoms with van der Waals surface area (Å²) >= 11 is 1.79. The number of aromatic carboxylic acids is 1. The van der Waals surface area contributed by atoms with Gasteiger partial charge in [-0.2, -0.15) is 0 Å². The quantitative estimate of drug-likeness (QED) is 0.799. The minimum atomic E-state index is -0.940. The van der Waals surface area contributed by atoms with Crippen molar-refractivity contribution in [1.29, 1.82) is 0 Å². The lowest BCUT2D eigenvalue weighted by molar-refractivity contribution is 0.0699. The van der Waals surface area contributed by atoms with Crippen LogP contribution in [-0.2, 0) is 13.0 Å². The minimum absolute atomic E-state index is 0.252. The second-order valence-corrected chi connectivity index (χ2v) is 5.83. The first kappa shape index (κ1) is 12.9. The number of carbonyl (C=O) groups is 1. The minimum Gasteiger partial charge on any atom is -0.478 e. The number of aromatic nitrogens is 2. The molecule has 3 aromatic rings. The maximum atomic E-state index is 11.2. The van der Waals surface area contributed by atoms with Gasteiger partial charge in [-0.1, -0.05) is 13.0 Å². The van der Waals surface area contributed by atoms with E-state index in [1.54, 1.807) is 29.8 Å². The predicted molar refractivity (Wildman–Crippen MR) is 79.5 cm³/mol. The standard InChI is InChI=1S/C15H14N2O2S/c1-2-10-6-7-11(20-10)8-17-9-16-14-12(15(18)19)4-3-5-13(14)17/h3-7,9H,2,8H2,1H3,(H,18,19). The number of imidazole rings is 1. The van der Waals surface area contributed by atoms with Gasteiger partial charge in [0, 0.05) is 9.75 Å². The summed E-state index contributed by atoms with van der Waals surface area (Å²) in [5, 5.41) is 9.17. The highest BCUT2D eigenvalue weighted by Gasteiger charge is 2.12. The monoisotopic (exact) mass is 286 g/mol. The van der Waals surface area contributed by atoms with Crippen LogP contribution in [-0.4, -0.2) is 20.6 Å². The molecule has 20 heavy (non-hydrogen) atoms. The summed E-state index contributed by atoms with van der Waals surface area (Å²) in [5.41, 5.74) is 1.66. The molecule has 0 aliphatic carbocycles. The number of fused-ring (bicyclic) bond motifs is 1. The van der Waals surface area contributed by atoms with Crippen molar-refractivity contribution in [1.82, 2.24) is 9.55 Å². The van der Waals surface area contributed by atoms with E-state index in [1.807, 2.05) is 10.6 Å². The summed E-state index contributed by atoms with van der Waals surface area (Å²) in [5.74, 6) is -0.940. The molecule has 3 rings (SSSR count). The highest BCUT2D eigenvalue weighted by atomic mass is 32.1. The van der Waals surface area contributed by atoms with Crippen LogP contribution in [0.1, 0.15) is 27.0 Å². The predicted octanol–water partition coefficient (Wildman–Crippen LogP) is 3.41. The van der Waals surface area contributed by atoms with Crippen LogP contribution in [0.15, 0.2) is 36.7 Å². The maximum absolute atomic E-state index is 11.2. The van der Waals surface area contributed by atoms with Gasteiger partial charge >= 0.3 is 5.97 Å². The van der Waals surface area contributed by atoms with Crippen molar-refractivity contribution in [2.75, 3.05) is 0 Å². The van der Waals surface area contributed by atoms with E-state index in [2.05, 4.69) is 24.0 Å². The van der Waals surface area contributed by atoms with Gasteiger partial charge in [-0.25, -0.2) is 9.78 Å². The van der Waals surface area contributed by atoms with Crippen molar-refractivity contribution in [3.05, 3.63) is 52.0 Å². The highest BCUT2D eigenvalue weighted by Crippen LogP contribution is 2.22. The third kappa shape index (κ3) is 2.20. The molecule has 5 heteroatoms. The molecule has 2 heterocycles. The Morgan fingerprint density at radius 3 is 2.80 bits per heavy atom. The number of carboxylic acid groups (broad SMARTS) is 1. The second-order valence-electron chi connectivity index (χ2n) is 4.57. The Morgan fingerprint density at radius 2 is 2.10 bits per heavy atom. The number of aryl methyl sites for hydroxylation is 1. The average Bonchev–Trinajstić information content (AvgIpc) is 3.06. The normalized spacial score (nSPS) is 11.1. The number of rotatable bonds is 4. The molecule has 0 amide bonds. The van der Waals surface area contributed by atoms with Crippen LogP contribution in [0.2, 0.25) is 0 Å². The molecule has 0 fully saturated rings. The van der Waals surface area contributed by atoms with Crippen LogP contribution >= 0.6 is 11.3 Å². The number of para-hydroxylation sites is 1. The Bertz CT molecular complexity index is 773. The van der Waals surface area contributed by atoms with E-state index in [-0.39, 0.29) is 5.56 Å². The summed E-state index contributed by atoms with van der Waals surface area (Å²) in [4.78, 5) is 18.0. The third-order valence-electron chi connectivity index (χ3n) is 3.27. The number of thiophene rings is 1. The van der Waals surface area contributed by atoms with Crippen molar-refractivity contribution in [2.24, 2.45) is 0 Å². The third-order valence-corrected chi connectivity index (χ3v) is 4.49. The first-order valence-corrected chi connectivity index (χ1v) is 7.25. The summed E-state index contributed by atoms with van der Waals surface area (Å²) < 4.78 is 1.99. The molecule has 0 aliphatic rings. The van der Waals surface area contributed by atoms with Gasteiger partial charge in [-0.15, -0.1) is 11.3 Å². The first-order chi connectivity index (χ1) is 9.69. The number of nitrogens with zero attached hydrogens (tertiary/aromatic N) is 2. The molecule has 0 bridgehead atoms. The Morgan fingerprint density at radius 1 is 1.30 bits per heavy atom. The molecule has 2 aromatic heterocycles. The largest absolute Gasteiger partial charge is 0.478 e. The van der Waals surface area contributed by atoms with Gasteiger partial charge in [0.05, 0.1) is 24.0 Å². The van der Waals surface area contributed by atoms with E-state index in [1.165, 1.54) is 9.75 Å². The van der Waals surface area contributed by atoms with Crippen LogP contribution in [0, 0.1) is 0 Å². The molecule has 1 N–H and O–H groups in total. The lowest BCUT2D eigenvalue weighted by atomic mass is 10.2. The van der Waals surface area contributed by atoms with Gasteiger partial charge < -0.3 is 9.67 Å². The Labute approximate surface area is 120 Å². The zero-order chi connectivity index (χ0) is 14.1. The summed E-state index contributed by atoms with van der Waals surface area (Å²) in [6, 6.07) is 9.51. The number of hydrogen-bond acceptors (Lipinski definition) is 3. The van der Waals surface area contributed by atoms with Crippen LogP contribution in [0.25, 0.3) is 11.0 Å². The van der Waals surface area contributed by atoms with Crippen LogP contribution in [0.3, 0.4) is 0 Å². The highest BCUT2D eigenvalue weighted by molar-refractivity contribution is 7.11. The average molecular weight is 286 g/mol. The van der Waals surface area contributed by atoms with Gasteiger partial charge in [-0.3, -0.25) is 0 Å². The second kappa shape index (κ2) is 5.09. The Balaban J connectivity index is 2.00. The summed E-state index contributed by atoms with van der Waals surface area (Å²) in [6.45, 7) is 2.87. The van der Waals surface area contributed by atoms with Crippen molar-refractivity contribution >= 4 is 28.3 Å². The molecular weight excluding hydrogens is 272 g/mol. The van der Waals surface area contributed by atoms with E-state index < -0.39 is 5.97 Å². The molecule has 0 radical (unpaired) electrons. The van der Waals surface area contributed by atoms with Gasteiger partial charge in [0.15, 0.2) is 0 Å². The fourth-order valence-electron chi connectivity index (χ4n) is 2.25. The van der Waals surface area contributed by atoms with Gasteiger partial charge in [-0.05, 0) is 30.7 Å². The molecule has 1 aromatic carbocycles. The van der Waals surface area contributed by atoms with E-state index in [9.17, 15) is 4.79 Å². The molecule has 0 unspecified atom stereocenters. The first-order valence-electron chi connectivity index (χ1n) is 6.43. The molecule has 102 valence electrons. The van der Waals surface area contributed by atoms with E-state index in [4.69, 9.17) is 5.11 Å². The van der Waals surface area contributed by atoms with Crippen LogP contribution in [0.5, 0.6) is 0 Å². The Kier molecular flexibility index (Phi) is 3.28. The molecule has 0 aliphatic heterocycles. The smallest absolute Gasteiger partial charge is 0.337 e. The van der Waals surface area contributed by atoms with Crippen molar-refractivity contribution in [2.45, 2.75) is 19.9 Å². The molecule has 4 nitrogen and oxygen atoms in total. The van der Waals surface area contributed by atoms with Crippen LogP contribution < -0.4 is 0 Å². The fourth-order valence-corrected chi connectivity index (χ4v) is 3.21. The number of benzene rings is 1. The topological polar surface area (TPSA) is 55.1 Å². The van der Waals surface area contributed by atoms with Crippen molar-refractivity contribution in [3.63, 3.8) is 0 Å². The number of hydrogen-bond donors (Lipinski definition) is 1. The van der Waals surface area contributed by atoms with Crippen molar-refractivity contribution in [3.8, 4) is 0 Å². The zero-order valence-electron chi connectivity index (χ0n) is 11.0. The lowest BCUT2D eigenvalue weighted by Crippen LogP contribution is -1.99. The molecule has 0 saturated heterocycles. The lowest BCUT2D eigenvalue weighted by Gasteiger charge is -2.02. The van der Waals surface area contributed by atoms with Gasteiger partial charge in [0.25, 0.3) is 0 Å².